The van der Waals surface area contributed by atoms with Crippen molar-refractivity contribution in [2.24, 2.45) is 0 Å². The van der Waals surface area contributed by atoms with Crippen LogP contribution in [0.3, 0.4) is 0 Å². The second kappa shape index (κ2) is 8.71. The molecular formula is C22H23N3O6S. The molecule has 1 N–H and O–H groups in total. The van der Waals surface area contributed by atoms with E-state index in [1.54, 1.807) is 6.92 Å². The first-order valence-corrected chi connectivity index (χ1v) is 11.8. The lowest BCUT2D eigenvalue weighted by molar-refractivity contribution is -0.384. The molecule has 0 bridgehead atoms. The molecule has 1 atom stereocenters. The van der Waals surface area contributed by atoms with Gasteiger partial charge in [-0.25, -0.2) is 13.1 Å². The fourth-order valence-electron chi connectivity index (χ4n) is 4.25. The van der Waals surface area contributed by atoms with Gasteiger partial charge in [0.05, 0.1) is 16.4 Å². The maximum absolute atomic E-state index is 12.8. The molecule has 0 aliphatic heterocycles. The second-order valence-electron chi connectivity index (χ2n) is 7.65. The van der Waals surface area contributed by atoms with E-state index in [0.29, 0.717) is 25.9 Å². The molecule has 1 aliphatic rings. The topological polar surface area (TPSA) is 121 Å². The Morgan fingerprint density at radius 1 is 1.22 bits per heavy atom. The first-order valence-electron chi connectivity index (χ1n) is 10.3. The number of nitro groups is 1. The second-order valence-corrected chi connectivity index (χ2v) is 9.36. The number of hydrogen-bond donors (Lipinski definition) is 1. The largest absolute Gasteiger partial charge is 0.465 e. The summed E-state index contributed by atoms with van der Waals surface area (Å²) in [7, 11) is -3.83. The zero-order chi connectivity index (χ0) is 22.9. The number of ether oxygens (including phenoxy) is 1. The molecule has 2 aromatic carbocycles. The third-order valence-corrected chi connectivity index (χ3v) is 7.18. The molecule has 32 heavy (non-hydrogen) atoms. The normalized spacial score (nSPS) is 16.0. The Morgan fingerprint density at radius 2 is 1.94 bits per heavy atom. The molecule has 1 unspecified atom stereocenters. The first-order chi connectivity index (χ1) is 15.3. The molecule has 168 valence electrons. The van der Waals surface area contributed by atoms with Crippen LogP contribution in [0.5, 0.6) is 0 Å². The maximum atomic E-state index is 12.8. The summed E-state index contributed by atoms with van der Waals surface area (Å²) in [5.74, 6) is -0.308. The van der Waals surface area contributed by atoms with E-state index in [4.69, 9.17) is 4.74 Å². The van der Waals surface area contributed by atoms with Gasteiger partial charge in [-0.1, -0.05) is 18.2 Å². The lowest BCUT2D eigenvalue weighted by Gasteiger charge is -2.25. The number of esters is 1. The van der Waals surface area contributed by atoms with Gasteiger partial charge in [-0.3, -0.25) is 14.9 Å². The molecule has 9 nitrogen and oxygen atoms in total. The average Bonchev–Trinajstić information content (AvgIpc) is 3.07. The molecule has 0 saturated heterocycles. The number of nitrogens with one attached hydrogen (secondary N) is 1. The highest BCUT2D eigenvalue weighted by molar-refractivity contribution is 7.89. The van der Waals surface area contributed by atoms with Gasteiger partial charge in [-0.15, -0.1) is 0 Å². The minimum atomic E-state index is -3.83. The number of para-hydroxylation sites is 1. The van der Waals surface area contributed by atoms with Crippen LogP contribution >= 0.6 is 0 Å². The number of nitro benzene ring substituents is 1. The Bertz CT molecular complexity index is 1280. The van der Waals surface area contributed by atoms with Crippen molar-refractivity contribution in [2.45, 2.75) is 43.7 Å². The smallest absolute Gasteiger partial charge is 0.325 e. The van der Waals surface area contributed by atoms with Crippen molar-refractivity contribution < 1.29 is 22.9 Å². The highest BCUT2D eigenvalue weighted by Crippen LogP contribution is 2.33. The number of fused-ring (bicyclic) bond motifs is 3. The van der Waals surface area contributed by atoms with Gasteiger partial charge in [0.2, 0.25) is 10.0 Å². The summed E-state index contributed by atoms with van der Waals surface area (Å²) in [5.41, 5.74) is 2.79. The summed E-state index contributed by atoms with van der Waals surface area (Å²) in [6.45, 7) is 2.19. The zero-order valence-electron chi connectivity index (χ0n) is 17.5. The summed E-state index contributed by atoms with van der Waals surface area (Å²) < 4.78 is 35.5. The monoisotopic (exact) mass is 457 g/mol. The average molecular weight is 458 g/mol. The van der Waals surface area contributed by atoms with Gasteiger partial charge in [0.1, 0.15) is 6.54 Å². The number of rotatable bonds is 7. The van der Waals surface area contributed by atoms with Crippen molar-refractivity contribution in [3.63, 3.8) is 0 Å². The zero-order valence-corrected chi connectivity index (χ0v) is 18.3. The summed E-state index contributed by atoms with van der Waals surface area (Å²) in [6.07, 6.45) is 1.66. The van der Waals surface area contributed by atoms with Crippen LogP contribution in [0.15, 0.2) is 53.4 Å². The van der Waals surface area contributed by atoms with Gasteiger partial charge in [0.25, 0.3) is 5.69 Å². The SMILES string of the molecule is CCOC(=O)Cn1c2c(c3ccccc31)CC(NS(=O)(=O)c1ccc([N+](=O)[O-])cc1)CC2. The van der Waals surface area contributed by atoms with Crippen LogP contribution in [-0.2, 0) is 38.9 Å². The van der Waals surface area contributed by atoms with Crippen LogP contribution in [-0.4, -0.2) is 36.5 Å². The molecule has 1 heterocycles. The first kappa shape index (κ1) is 22.0. The lowest BCUT2D eigenvalue weighted by Crippen LogP contribution is -2.39. The Morgan fingerprint density at radius 3 is 2.62 bits per heavy atom. The van der Waals surface area contributed by atoms with Crippen LogP contribution in [0.1, 0.15) is 24.6 Å². The number of carbonyl (C=O) groups excluding carboxylic acids is 1. The molecule has 3 aromatic rings. The van der Waals surface area contributed by atoms with Crippen LogP contribution < -0.4 is 4.72 Å². The molecule has 0 radical (unpaired) electrons. The predicted molar refractivity (Wildman–Crippen MR) is 118 cm³/mol. The van der Waals surface area contributed by atoms with E-state index in [0.717, 1.165) is 22.2 Å². The molecule has 0 spiro atoms. The summed E-state index contributed by atoms with van der Waals surface area (Å²) in [6, 6.07) is 12.2. The van der Waals surface area contributed by atoms with Gasteiger partial charge in [-0.05, 0) is 49.9 Å². The highest BCUT2D eigenvalue weighted by atomic mass is 32.2. The summed E-state index contributed by atoms with van der Waals surface area (Å²) in [5, 5.41) is 11.8. The molecule has 0 saturated carbocycles. The highest BCUT2D eigenvalue weighted by Gasteiger charge is 2.29. The number of nitrogens with zero attached hydrogens (tertiary/aromatic N) is 2. The Hall–Kier alpha value is -3.24. The number of non-ortho nitro benzene ring substituents is 1. The van der Waals surface area contributed by atoms with Crippen LogP contribution in [0, 0.1) is 10.1 Å². The van der Waals surface area contributed by atoms with E-state index in [2.05, 4.69) is 4.72 Å². The van der Waals surface area contributed by atoms with E-state index in [1.165, 1.54) is 24.3 Å². The predicted octanol–water partition coefficient (Wildman–Crippen LogP) is 2.95. The van der Waals surface area contributed by atoms with E-state index < -0.39 is 14.9 Å². The molecular weight excluding hydrogens is 434 g/mol. The molecule has 1 aliphatic carbocycles. The van der Waals surface area contributed by atoms with E-state index in [-0.39, 0.29) is 29.1 Å². The Labute approximate surface area is 185 Å². The molecule has 10 heteroatoms. The van der Waals surface area contributed by atoms with Crippen molar-refractivity contribution in [1.29, 1.82) is 0 Å². The van der Waals surface area contributed by atoms with Crippen LogP contribution in [0.4, 0.5) is 5.69 Å². The van der Waals surface area contributed by atoms with E-state index in [1.807, 2.05) is 28.8 Å². The van der Waals surface area contributed by atoms with Crippen molar-refractivity contribution in [3.8, 4) is 0 Å². The number of carbonyl (C=O) groups is 1. The number of hydrogen-bond acceptors (Lipinski definition) is 6. The van der Waals surface area contributed by atoms with Crippen LogP contribution in [0.25, 0.3) is 10.9 Å². The Balaban J connectivity index is 1.59. The number of benzene rings is 2. The molecule has 0 fully saturated rings. The number of sulfonamides is 1. The summed E-state index contributed by atoms with van der Waals surface area (Å²) in [4.78, 5) is 22.4. The van der Waals surface area contributed by atoms with E-state index in [9.17, 15) is 23.3 Å². The molecule has 1 aromatic heterocycles. The van der Waals surface area contributed by atoms with Gasteiger partial charge < -0.3 is 9.30 Å². The van der Waals surface area contributed by atoms with Crippen LogP contribution in [0.2, 0.25) is 0 Å². The fourth-order valence-corrected chi connectivity index (χ4v) is 5.52. The van der Waals surface area contributed by atoms with Crippen molar-refractivity contribution in [2.75, 3.05) is 6.61 Å². The minimum absolute atomic E-state index is 0.0152. The minimum Gasteiger partial charge on any atom is -0.465 e. The van der Waals surface area contributed by atoms with Gasteiger partial charge in [0, 0.05) is 34.8 Å². The third-order valence-electron chi connectivity index (χ3n) is 5.65. The van der Waals surface area contributed by atoms with E-state index >= 15 is 0 Å². The third kappa shape index (κ3) is 4.23. The standard InChI is InChI=1S/C22H23N3O6S/c1-2-31-22(26)14-24-20-6-4-3-5-18(20)19-13-15(7-12-21(19)24)23-32(29,30)17-10-8-16(9-11-17)25(27)28/h3-6,8-11,15,23H,2,7,12-14H2,1H3. The maximum Gasteiger partial charge on any atom is 0.325 e. The Kier molecular flexibility index (Phi) is 5.98. The molecule has 0 amide bonds. The van der Waals surface area contributed by atoms with Crippen molar-refractivity contribution in [3.05, 3.63) is 69.9 Å². The van der Waals surface area contributed by atoms with Gasteiger partial charge >= 0.3 is 5.97 Å². The van der Waals surface area contributed by atoms with Crippen molar-refractivity contribution >= 4 is 32.6 Å². The number of aromatic nitrogens is 1. The van der Waals surface area contributed by atoms with Gasteiger partial charge in [0.15, 0.2) is 0 Å². The van der Waals surface area contributed by atoms with Crippen molar-refractivity contribution in [1.82, 2.24) is 9.29 Å². The molecule has 4 rings (SSSR count). The quantitative estimate of drug-likeness (QED) is 0.331. The lowest BCUT2D eigenvalue weighted by atomic mass is 9.92. The summed E-state index contributed by atoms with van der Waals surface area (Å²) >= 11 is 0. The van der Waals surface area contributed by atoms with Gasteiger partial charge in [-0.2, -0.15) is 0 Å². The fraction of sp³-hybridized carbons (Fsp3) is 0.318.